The molecular weight excluding hydrogens is 421 g/mol. The van der Waals surface area contributed by atoms with Crippen molar-refractivity contribution in [1.82, 2.24) is 20.8 Å². The fourth-order valence-corrected chi connectivity index (χ4v) is 4.46. The van der Waals surface area contributed by atoms with Gasteiger partial charge < -0.3 is 19.9 Å². The molecule has 3 heterocycles. The maximum absolute atomic E-state index is 12.9. The summed E-state index contributed by atoms with van der Waals surface area (Å²) in [4.78, 5) is 3.55. The van der Waals surface area contributed by atoms with Gasteiger partial charge in [-0.25, -0.2) is 0 Å². The summed E-state index contributed by atoms with van der Waals surface area (Å²) in [5.41, 5.74) is 3.54. The second-order valence-electron chi connectivity index (χ2n) is 8.12. The summed E-state index contributed by atoms with van der Waals surface area (Å²) in [6.45, 7) is 2.03. The van der Waals surface area contributed by atoms with Gasteiger partial charge >= 0.3 is 12.1 Å². The van der Waals surface area contributed by atoms with Crippen LogP contribution in [-0.4, -0.2) is 29.3 Å². The Morgan fingerprint density at radius 1 is 1.16 bits per heavy atom. The quantitative estimate of drug-likeness (QED) is 0.612. The minimum atomic E-state index is -4.67. The highest BCUT2D eigenvalue weighted by atomic mass is 19.4. The lowest BCUT2D eigenvalue weighted by atomic mass is 9.92. The molecule has 0 amide bonds. The first-order chi connectivity index (χ1) is 15.5. The van der Waals surface area contributed by atoms with Crippen LogP contribution in [0.15, 0.2) is 47.0 Å². The first-order valence-corrected chi connectivity index (χ1v) is 10.7. The number of piperidine rings is 1. The van der Waals surface area contributed by atoms with Crippen molar-refractivity contribution in [1.29, 1.82) is 0 Å². The van der Waals surface area contributed by atoms with Gasteiger partial charge in [0.25, 0.3) is 0 Å². The van der Waals surface area contributed by atoms with E-state index in [1.165, 1.54) is 5.56 Å². The van der Waals surface area contributed by atoms with Crippen LogP contribution in [0.5, 0.6) is 5.75 Å². The Kier molecular flexibility index (Phi) is 5.60. The zero-order valence-corrected chi connectivity index (χ0v) is 17.3. The van der Waals surface area contributed by atoms with Crippen LogP contribution < -0.4 is 15.4 Å². The van der Waals surface area contributed by atoms with E-state index in [9.17, 15) is 13.2 Å². The van der Waals surface area contributed by atoms with Crippen LogP contribution in [-0.2, 0) is 19.1 Å². The predicted molar refractivity (Wildman–Crippen MR) is 111 cm³/mol. The van der Waals surface area contributed by atoms with E-state index >= 15 is 0 Å². The molecule has 0 saturated carbocycles. The molecule has 2 N–H and O–H groups in total. The van der Waals surface area contributed by atoms with Crippen molar-refractivity contribution < 1.29 is 22.4 Å². The van der Waals surface area contributed by atoms with Crippen LogP contribution >= 0.6 is 0 Å². The molecule has 1 aromatic heterocycles. The lowest BCUT2D eigenvalue weighted by Gasteiger charge is -2.34. The Balaban J connectivity index is 1.39. The number of rotatable bonds is 5. The molecule has 168 valence electrons. The summed E-state index contributed by atoms with van der Waals surface area (Å²) in [7, 11) is 0. The van der Waals surface area contributed by atoms with E-state index in [0.717, 1.165) is 36.3 Å². The molecular formula is C23H23F3N4O2. The smallest absolute Gasteiger partial charge is 0.471 e. The van der Waals surface area contributed by atoms with Crippen molar-refractivity contribution in [3.05, 3.63) is 65.0 Å². The Morgan fingerprint density at radius 2 is 2.00 bits per heavy atom. The van der Waals surface area contributed by atoms with E-state index in [1.807, 2.05) is 18.2 Å². The Bertz CT molecular complexity index is 1080. The number of nitrogens with zero attached hydrogens (tertiary/aromatic N) is 2. The van der Waals surface area contributed by atoms with Gasteiger partial charge in [-0.1, -0.05) is 35.5 Å². The highest BCUT2D eigenvalue weighted by molar-refractivity contribution is 5.62. The minimum Gasteiger partial charge on any atom is -0.493 e. The second kappa shape index (κ2) is 8.55. The molecule has 2 aliphatic heterocycles. The second-order valence-corrected chi connectivity index (χ2v) is 8.12. The molecule has 3 aromatic rings. The number of hydrogen-bond acceptors (Lipinski definition) is 6. The van der Waals surface area contributed by atoms with Gasteiger partial charge in [0.2, 0.25) is 5.82 Å². The molecule has 2 aliphatic rings. The molecule has 1 fully saturated rings. The molecule has 0 bridgehead atoms. The number of hydrogen-bond donors (Lipinski definition) is 2. The van der Waals surface area contributed by atoms with Crippen molar-refractivity contribution in [2.45, 2.75) is 44.1 Å². The number of nitrogens with one attached hydrogen (secondary N) is 2. The average molecular weight is 444 g/mol. The van der Waals surface area contributed by atoms with E-state index < -0.39 is 12.1 Å². The van der Waals surface area contributed by atoms with Crippen LogP contribution in [0.3, 0.4) is 0 Å². The van der Waals surface area contributed by atoms with Crippen LogP contribution in [0, 0.1) is 0 Å². The molecule has 2 atom stereocenters. The van der Waals surface area contributed by atoms with E-state index in [-0.39, 0.29) is 17.9 Å². The molecule has 0 unspecified atom stereocenters. The van der Waals surface area contributed by atoms with Crippen molar-refractivity contribution in [3.63, 3.8) is 0 Å². The van der Waals surface area contributed by atoms with Gasteiger partial charge in [-0.3, -0.25) is 0 Å². The van der Waals surface area contributed by atoms with E-state index in [0.29, 0.717) is 25.1 Å². The standard InChI is InChI=1S/C23H23F3N4O2/c24-23(25,26)22-29-21(30-32-22)16-11-15-8-10-31-20(15)17(12-16)13-28-18-7-4-9-27-19(18)14-5-2-1-3-6-14/h1-3,5-6,11-12,18-19,27-28H,4,7-10,13H2/t18-,19-/m0/s1. The third-order valence-corrected chi connectivity index (χ3v) is 5.96. The number of halogens is 3. The molecule has 2 aromatic carbocycles. The normalized spacial score (nSPS) is 20.7. The predicted octanol–water partition coefficient (Wildman–Crippen LogP) is 4.27. The maximum atomic E-state index is 12.9. The minimum absolute atomic E-state index is 0.0743. The molecule has 9 heteroatoms. The third-order valence-electron chi connectivity index (χ3n) is 5.96. The van der Waals surface area contributed by atoms with Crippen molar-refractivity contribution in [3.8, 4) is 17.1 Å². The first-order valence-electron chi connectivity index (χ1n) is 10.7. The largest absolute Gasteiger partial charge is 0.493 e. The van der Waals surface area contributed by atoms with Crippen LogP contribution in [0.25, 0.3) is 11.4 Å². The zero-order chi connectivity index (χ0) is 22.1. The lowest BCUT2D eigenvalue weighted by Crippen LogP contribution is -2.45. The summed E-state index contributed by atoms with van der Waals surface area (Å²) in [5.74, 6) is -0.626. The highest BCUT2D eigenvalue weighted by Gasteiger charge is 2.38. The van der Waals surface area contributed by atoms with Crippen molar-refractivity contribution >= 4 is 0 Å². The SMILES string of the molecule is FC(F)(F)c1nc(-c2cc3c(c(CN[C@H]4CCCN[C@H]4c4ccccc4)c2)OCC3)no1. The molecule has 32 heavy (non-hydrogen) atoms. The molecule has 6 nitrogen and oxygen atoms in total. The fourth-order valence-electron chi connectivity index (χ4n) is 4.46. The third kappa shape index (κ3) is 4.22. The fraction of sp³-hybridized carbons (Fsp3) is 0.391. The number of ether oxygens (including phenoxy) is 1. The maximum Gasteiger partial charge on any atom is 0.471 e. The Hall–Kier alpha value is -2.91. The Morgan fingerprint density at radius 3 is 2.78 bits per heavy atom. The molecule has 0 radical (unpaired) electrons. The van der Waals surface area contributed by atoms with Crippen LogP contribution in [0.1, 0.15) is 41.5 Å². The molecule has 0 aliphatic carbocycles. The molecule has 0 spiro atoms. The van der Waals surface area contributed by atoms with Gasteiger partial charge in [-0.05, 0) is 42.6 Å². The summed E-state index contributed by atoms with van der Waals surface area (Å²) >= 11 is 0. The van der Waals surface area contributed by atoms with E-state index in [2.05, 4.69) is 37.4 Å². The van der Waals surface area contributed by atoms with Gasteiger partial charge in [-0.2, -0.15) is 18.2 Å². The monoisotopic (exact) mass is 444 g/mol. The van der Waals surface area contributed by atoms with Crippen LogP contribution in [0.2, 0.25) is 0 Å². The van der Waals surface area contributed by atoms with E-state index in [1.54, 1.807) is 12.1 Å². The van der Waals surface area contributed by atoms with Crippen molar-refractivity contribution in [2.24, 2.45) is 0 Å². The summed E-state index contributed by atoms with van der Waals surface area (Å²) < 4.78 is 48.9. The number of alkyl halides is 3. The summed E-state index contributed by atoms with van der Waals surface area (Å²) in [5, 5.41) is 10.8. The number of fused-ring (bicyclic) bond motifs is 1. The zero-order valence-electron chi connectivity index (χ0n) is 17.3. The topological polar surface area (TPSA) is 72.2 Å². The van der Waals surface area contributed by atoms with Crippen LogP contribution in [0.4, 0.5) is 13.2 Å². The lowest BCUT2D eigenvalue weighted by molar-refractivity contribution is -0.159. The van der Waals surface area contributed by atoms with Gasteiger partial charge in [0.05, 0.1) is 6.61 Å². The Labute approximate surface area is 183 Å². The highest BCUT2D eigenvalue weighted by Crippen LogP contribution is 2.36. The van der Waals surface area contributed by atoms with Gasteiger partial charge in [0.15, 0.2) is 0 Å². The van der Waals surface area contributed by atoms with E-state index in [4.69, 9.17) is 4.74 Å². The van der Waals surface area contributed by atoms with Gasteiger partial charge in [0.1, 0.15) is 5.75 Å². The number of benzene rings is 2. The first kappa shape index (κ1) is 21.0. The van der Waals surface area contributed by atoms with Gasteiger partial charge in [0, 0.05) is 36.2 Å². The summed E-state index contributed by atoms with van der Waals surface area (Å²) in [6.07, 6.45) is -1.89. The molecule has 5 rings (SSSR count). The molecule has 1 saturated heterocycles. The average Bonchev–Trinajstić information content (AvgIpc) is 3.48. The summed E-state index contributed by atoms with van der Waals surface area (Å²) in [6, 6.07) is 14.3. The van der Waals surface area contributed by atoms with Crippen molar-refractivity contribution in [2.75, 3.05) is 13.2 Å². The van der Waals surface area contributed by atoms with Gasteiger partial charge in [-0.15, -0.1) is 0 Å². The number of aromatic nitrogens is 2.